The zero-order valence-electron chi connectivity index (χ0n) is 8.01. The molecule has 1 unspecified atom stereocenters. The van der Waals surface area contributed by atoms with Crippen LogP contribution in [0.4, 0.5) is 0 Å². The molecular formula is C8H13NaO7. The van der Waals surface area contributed by atoms with Crippen LogP contribution in [0.25, 0.3) is 0 Å². The summed E-state index contributed by atoms with van der Waals surface area (Å²) in [5, 5.41) is 35.2. The Hall–Kier alpha value is -0.630. The number of hydrogen-bond acceptors (Lipinski definition) is 4. The van der Waals surface area contributed by atoms with E-state index < -0.39 is 29.4 Å². The second-order valence-electron chi connectivity index (χ2n) is 3.03. The first-order valence-electron chi connectivity index (χ1n) is 4.20. The zero-order valence-corrected chi connectivity index (χ0v) is 8.01. The Morgan fingerprint density at radius 1 is 1.06 bits per heavy atom. The van der Waals surface area contributed by atoms with Gasteiger partial charge in [-0.1, -0.05) is 13.3 Å². The predicted octanol–water partition coefficient (Wildman–Crippen LogP) is -1.26. The van der Waals surface area contributed by atoms with Crippen molar-refractivity contribution in [2.45, 2.75) is 25.9 Å². The van der Waals surface area contributed by atoms with E-state index >= 15 is 0 Å². The van der Waals surface area contributed by atoms with Gasteiger partial charge < -0.3 is 20.4 Å². The van der Waals surface area contributed by atoms with E-state index in [4.69, 9.17) is 15.3 Å². The molecule has 16 heavy (non-hydrogen) atoms. The Bertz CT molecular complexity index is 252. The summed E-state index contributed by atoms with van der Waals surface area (Å²) in [4.78, 5) is 32.1. The average Bonchev–Trinajstić information content (AvgIpc) is 2.02. The molecule has 0 radical (unpaired) electrons. The number of aliphatic carboxylic acids is 3. The van der Waals surface area contributed by atoms with Gasteiger partial charge in [0.05, 0.1) is 6.10 Å². The maximum absolute atomic E-state index is 10.7. The number of aliphatic hydroxyl groups excluding tert-OH is 1. The van der Waals surface area contributed by atoms with Crippen molar-refractivity contribution in [1.29, 1.82) is 0 Å². The average molecular weight is 244 g/mol. The van der Waals surface area contributed by atoms with Gasteiger partial charge in [-0.2, -0.15) is 0 Å². The van der Waals surface area contributed by atoms with Crippen LogP contribution in [0.5, 0.6) is 0 Å². The summed E-state index contributed by atoms with van der Waals surface area (Å²) in [5.74, 6) is -6.24. The van der Waals surface area contributed by atoms with Crippen LogP contribution in [-0.4, -0.2) is 74.0 Å². The standard InChI is InChI=1S/C8H12O7.Na.H/c1-2-3-4(9)8(5(10)11,6(12)13)7(14)15;;/h4,9H,2-3H2,1H3,(H,10,11)(H,12,13)(H,14,15);;. The summed E-state index contributed by atoms with van der Waals surface area (Å²) in [6.07, 6.45) is -1.91. The second kappa shape index (κ2) is 6.85. The van der Waals surface area contributed by atoms with E-state index in [1.165, 1.54) is 0 Å². The number of rotatable bonds is 6. The summed E-state index contributed by atoms with van der Waals surface area (Å²) >= 11 is 0. The molecule has 1 atom stereocenters. The van der Waals surface area contributed by atoms with Gasteiger partial charge in [0.25, 0.3) is 5.41 Å². The Morgan fingerprint density at radius 3 is 1.56 bits per heavy atom. The van der Waals surface area contributed by atoms with E-state index in [9.17, 15) is 19.5 Å². The summed E-state index contributed by atoms with van der Waals surface area (Å²) < 4.78 is 0. The van der Waals surface area contributed by atoms with Gasteiger partial charge in [-0.05, 0) is 6.42 Å². The second-order valence-corrected chi connectivity index (χ2v) is 3.03. The van der Waals surface area contributed by atoms with Crippen LogP contribution in [0.15, 0.2) is 0 Å². The van der Waals surface area contributed by atoms with Crippen molar-refractivity contribution in [2.75, 3.05) is 0 Å². The van der Waals surface area contributed by atoms with Crippen LogP contribution in [0.2, 0.25) is 0 Å². The number of aliphatic hydroxyl groups is 1. The van der Waals surface area contributed by atoms with Crippen molar-refractivity contribution in [1.82, 2.24) is 0 Å². The zero-order chi connectivity index (χ0) is 12.2. The molecule has 0 aromatic carbocycles. The molecule has 0 aliphatic heterocycles. The number of carbonyl (C=O) groups is 3. The Morgan fingerprint density at radius 2 is 1.38 bits per heavy atom. The van der Waals surface area contributed by atoms with Gasteiger partial charge in [-0.3, -0.25) is 14.4 Å². The molecule has 0 saturated heterocycles. The predicted molar refractivity (Wildman–Crippen MR) is 53.4 cm³/mol. The van der Waals surface area contributed by atoms with Gasteiger partial charge in [0.2, 0.25) is 0 Å². The van der Waals surface area contributed by atoms with Gasteiger partial charge >= 0.3 is 47.5 Å². The van der Waals surface area contributed by atoms with Crippen LogP contribution in [-0.2, 0) is 14.4 Å². The Kier molecular flexibility index (Phi) is 7.60. The van der Waals surface area contributed by atoms with Crippen LogP contribution in [0.3, 0.4) is 0 Å². The van der Waals surface area contributed by atoms with E-state index in [2.05, 4.69) is 0 Å². The summed E-state index contributed by atoms with van der Waals surface area (Å²) in [5.41, 5.74) is -3.18. The first-order chi connectivity index (χ1) is 6.81. The Labute approximate surface area is 113 Å². The fourth-order valence-electron chi connectivity index (χ4n) is 1.19. The van der Waals surface area contributed by atoms with Gasteiger partial charge in [0, 0.05) is 0 Å². The van der Waals surface area contributed by atoms with Crippen molar-refractivity contribution in [3.05, 3.63) is 0 Å². The molecule has 0 aromatic heterocycles. The third-order valence-corrected chi connectivity index (χ3v) is 2.07. The molecule has 0 aromatic rings. The molecule has 0 bridgehead atoms. The molecule has 0 saturated carbocycles. The quantitative estimate of drug-likeness (QED) is 0.338. The van der Waals surface area contributed by atoms with Crippen molar-refractivity contribution in [2.24, 2.45) is 5.41 Å². The molecule has 0 heterocycles. The number of carboxylic acids is 3. The SMILES string of the molecule is CCCC(O)C(C(=O)O)(C(=O)O)C(=O)O.[NaH]. The van der Waals surface area contributed by atoms with E-state index in [1.54, 1.807) is 6.92 Å². The monoisotopic (exact) mass is 244 g/mol. The summed E-state index contributed by atoms with van der Waals surface area (Å²) in [6.45, 7) is 1.57. The molecule has 0 aliphatic carbocycles. The minimum absolute atomic E-state index is 0. The Balaban J connectivity index is 0. The first kappa shape index (κ1) is 17.8. The van der Waals surface area contributed by atoms with Crippen molar-refractivity contribution in [3.8, 4) is 0 Å². The van der Waals surface area contributed by atoms with Crippen molar-refractivity contribution >= 4 is 47.5 Å². The molecule has 7 nitrogen and oxygen atoms in total. The van der Waals surface area contributed by atoms with Crippen LogP contribution in [0.1, 0.15) is 19.8 Å². The molecule has 0 fully saturated rings. The van der Waals surface area contributed by atoms with Gasteiger partial charge in [-0.15, -0.1) is 0 Å². The van der Waals surface area contributed by atoms with E-state index in [0.717, 1.165) is 0 Å². The fourth-order valence-corrected chi connectivity index (χ4v) is 1.19. The van der Waals surface area contributed by atoms with Crippen molar-refractivity contribution in [3.63, 3.8) is 0 Å². The van der Waals surface area contributed by atoms with Crippen LogP contribution < -0.4 is 0 Å². The maximum atomic E-state index is 10.7. The third-order valence-electron chi connectivity index (χ3n) is 2.07. The molecule has 0 rings (SSSR count). The normalized spacial score (nSPS) is 12.4. The van der Waals surface area contributed by atoms with Crippen LogP contribution in [0, 0.1) is 5.41 Å². The van der Waals surface area contributed by atoms with Gasteiger partial charge in [-0.25, -0.2) is 0 Å². The fraction of sp³-hybridized carbons (Fsp3) is 0.625. The molecule has 0 amide bonds. The van der Waals surface area contributed by atoms with E-state index in [-0.39, 0.29) is 42.4 Å². The van der Waals surface area contributed by atoms with Gasteiger partial charge in [0.15, 0.2) is 0 Å². The number of hydrogen-bond donors (Lipinski definition) is 4. The van der Waals surface area contributed by atoms with E-state index in [1.807, 2.05) is 0 Å². The summed E-state index contributed by atoms with van der Waals surface area (Å²) in [6, 6.07) is 0. The topological polar surface area (TPSA) is 132 Å². The van der Waals surface area contributed by atoms with Crippen LogP contribution >= 0.6 is 0 Å². The molecule has 0 aliphatic rings. The minimum atomic E-state index is -3.18. The molecular weight excluding hydrogens is 231 g/mol. The molecule has 88 valence electrons. The van der Waals surface area contributed by atoms with Gasteiger partial charge in [0.1, 0.15) is 0 Å². The van der Waals surface area contributed by atoms with Crippen molar-refractivity contribution < 1.29 is 34.8 Å². The first-order valence-corrected chi connectivity index (χ1v) is 4.20. The van der Waals surface area contributed by atoms with E-state index in [0.29, 0.717) is 0 Å². The summed E-state index contributed by atoms with van der Waals surface area (Å²) in [7, 11) is 0. The molecule has 8 heteroatoms. The molecule has 0 spiro atoms. The molecule has 4 N–H and O–H groups in total. The number of carboxylic acid groups (broad SMARTS) is 3. The third kappa shape index (κ3) is 2.94.